The van der Waals surface area contributed by atoms with E-state index in [0.29, 0.717) is 5.78 Å². The molecule has 1 aromatic heterocycles. The van der Waals surface area contributed by atoms with Gasteiger partial charge >= 0.3 is 0 Å². The molecule has 88 valence electrons. The van der Waals surface area contributed by atoms with E-state index in [-0.39, 0.29) is 5.92 Å². The van der Waals surface area contributed by atoms with Gasteiger partial charge in [0.15, 0.2) is 5.78 Å². The average Bonchev–Trinajstić information content (AvgIpc) is 2.62. The van der Waals surface area contributed by atoms with Crippen molar-refractivity contribution in [2.75, 3.05) is 0 Å². The number of ketones is 1. The van der Waals surface area contributed by atoms with Gasteiger partial charge in [0.2, 0.25) is 0 Å². The standard InChI is InChI=1S/C13H20N2O/c1-2-15-10-12(9-14-15)13(16)11-7-5-3-4-6-8-11/h9-11H,2-8H2,1H3. The maximum Gasteiger partial charge on any atom is 0.169 e. The molecule has 16 heavy (non-hydrogen) atoms. The Morgan fingerprint density at radius 2 is 2.06 bits per heavy atom. The van der Waals surface area contributed by atoms with E-state index < -0.39 is 0 Å². The second-order valence-corrected chi connectivity index (χ2v) is 4.64. The Morgan fingerprint density at radius 1 is 1.38 bits per heavy atom. The zero-order valence-corrected chi connectivity index (χ0v) is 9.98. The van der Waals surface area contributed by atoms with Gasteiger partial charge < -0.3 is 0 Å². The highest BCUT2D eigenvalue weighted by Gasteiger charge is 2.22. The Labute approximate surface area is 96.8 Å². The van der Waals surface area contributed by atoms with Gasteiger partial charge in [0.1, 0.15) is 0 Å². The van der Waals surface area contributed by atoms with Crippen LogP contribution in [-0.2, 0) is 6.54 Å². The van der Waals surface area contributed by atoms with Gasteiger partial charge in [0.05, 0.1) is 11.8 Å². The number of carbonyl (C=O) groups excluding carboxylic acids is 1. The van der Waals surface area contributed by atoms with Crippen LogP contribution in [-0.4, -0.2) is 15.6 Å². The lowest BCUT2D eigenvalue weighted by molar-refractivity contribution is 0.0908. The van der Waals surface area contributed by atoms with Gasteiger partial charge in [0.25, 0.3) is 0 Å². The van der Waals surface area contributed by atoms with Gasteiger partial charge in [-0.1, -0.05) is 25.7 Å². The SMILES string of the molecule is CCn1cc(C(=O)C2CCCCCC2)cn1. The van der Waals surface area contributed by atoms with Crippen molar-refractivity contribution in [3.05, 3.63) is 18.0 Å². The third-order valence-corrected chi connectivity index (χ3v) is 3.47. The summed E-state index contributed by atoms with van der Waals surface area (Å²) in [5.74, 6) is 0.554. The first-order chi connectivity index (χ1) is 7.81. The fraction of sp³-hybridized carbons (Fsp3) is 0.692. The lowest BCUT2D eigenvalue weighted by atomic mass is 9.92. The largest absolute Gasteiger partial charge is 0.294 e. The molecule has 0 aliphatic heterocycles. The molecule has 1 heterocycles. The van der Waals surface area contributed by atoms with Crippen LogP contribution in [0.15, 0.2) is 12.4 Å². The zero-order valence-electron chi connectivity index (χ0n) is 9.98. The molecule has 1 saturated carbocycles. The minimum Gasteiger partial charge on any atom is -0.294 e. The van der Waals surface area contributed by atoms with Gasteiger partial charge in [-0.05, 0) is 19.8 Å². The summed E-state index contributed by atoms with van der Waals surface area (Å²) < 4.78 is 1.82. The van der Waals surface area contributed by atoms with E-state index in [1.165, 1.54) is 25.7 Å². The van der Waals surface area contributed by atoms with E-state index in [9.17, 15) is 4.79 Å². The van der Waals surface area contributed by atoms with Crippen molar-refractivity contribution in [3.8, 4) is 0 Å². The van der Waals surface area contributed by atoms with Crippen molar-refractivity contribution >= 4 is 5.78 Å². The summed E-state index contributed by atoms with van der Waals surface area (Å²) in [5, 5.41) is 4.17. The molecular formula is C13H20N2O. The van der Waals surface area contributed by atoms with Crippen molar-refractivity contribution in [2.45, 2.75) is 52.0 Å². The maximum atomic E-state index is 12.2. The van der Waals surface area contributed by atoms with Crippen molar-refractivity contribution < 1.29 is 4.79 Å². The molecule has 1 fully saturated rings. The second-order valence-electron chi connectivity index (χ2n) is 4.64. The molecule has 0 bridgehead atoms. The summed E-state index contributed by atoms with van der Waals surface area (Å²) in [7, 11) is 0. The highest BCUT2D eigenvalue weighted by Crippen LogP contribution is 2.25. The molecule has 0 aromatic carbocycles. The zero-order chi connectivity index (χ0) is 11.4. The van der Waals surface area contributed by atoms with Crippen LogP contribution in [0.5, 0.6) is 0 Å². The van der Waals surface area contributed by atoms with E-state index in [0.717, 1.165) is 24.9 Å². The van der Waals surface area contributed by atoms with Crippen LogP contribution < -0.4 is 0 Å². The second kappa shape index (κ2) is 5.28. The predicted octanol–water partition coefficient (Wildman–Crippen LogP) is 3.06. The number of hydrogen-bond donors (Lipinski definition) is 0. The number of aryl methyl sites for hydroxylation is 1. The summed E-state index contributed by atoms with van der Waals surface area (Å²) in [5.41, 5.74) is 0.800. The smallest absolute Gasteiger partial charge is 0.169 e. The quantitative estimate of drug-likeness (QED) is 0.579. The topological polar surface area (TPSA) is 34.9 Å². The number of nitrogens with zero attached hydrogens (tertiary/aromatic N) is 2. The fourth-order valence-corrected chi connectivity index (χ4v) is 2.44. The first-order valence-corrected chi connectivity index (χ1v) is 6.38. The highest BCUT2D eigenvalue weighted by atomic mass is 16.1. The van der Waals surface area contributed by atoms with E-state index in [1.54, 1.807) is 6.20 Å². The van der Waals surface area contributed by atoms with Crippen molar-refractivity contribution in [1.29, 1.82) is 0 Å². The highest BCUT2D eigenvalue weighted by molar-refractivity contribution is 5.97. The van der Waals surface area contributed by atoms with E-state index in [1.807, 2.05) is 17.8 Å². The number of aromatic nitrogens is 2. The van der Waals surface area contributed by atoms with E-state index in [4.69, 9.17) is 0 Å². The molecule has 0 unspecified atom stereocenters. The normalized spacial score (nSPS) is 18.3. The van der Waals surface area contributed by atoms with Crippen LogP contribution in [0.1, 0.15) is 55.8 Å². The monoisotopic (exact) mass is 220 g/mol. The molecule has 0 spiro atoms. The lowest BCUT2D eigenvalue weighted by Crippen LogP contribution is -2.13. The molecule has 3 heteroatoms. The van der Waals surface area contributed by atoms with Crippen LogP contribution in [0, 0.1) is 5.92 Å². The molecule has 2 rings (SSSR count). The van der Waals surface area contributed by atoms with Crippen molar-refractivity contribution in [2.24, 2.45) is 5.92 Å². The Kier molecular flexibility index (Phi) is 3.75. The number of rotatable bonds is 3. The third-order valence-electron chi connectivity index (χ3n) is 3.47. The van der Waals surface area contributed by atoms with Gasteiger partial charge in [-0.2, -0.15) is 5.10 Å². The number of hydrogen-bond acceptors (Lipinski definition) is 2. The van der Waals surface area contributed by atoms with Crippen LogP contribution in [0.25, 0.3) is 0 Å². The minimum atomic E-state index is 0.247. The van der Waals surface area contributed by atoms with Gasteiger partial charge in [-0.15, -0.1) is 0 Å². The Hall–Kier alpha value is -1.12. The van der Waals surface area contributed by atoms with E-state index in [2.05, 4.69) is 5.10 Å². The molecule has 1 aliphatic carbocycles. The van der Waals surface area contributed by atoms with E-state index >= 15 is 0 Å². The van der Waals surface area contributed by atoms with Crippen molar-refractivity contribution in [1.82, 2.24) is 9.78 Å². The van der Waals surface area contributed by atoms with Crippen LogP contribution in [0.2, 0.25) is 0 Å². The third kappa shape index (κ3) is 2.52. The minimum absolute atomic E-state index is 0.247. The van der Waals surface area contributed by atoms with Crippen LogP contribution >= 0.6 is 0 Å². The van der Waals surface area contributed by atoms with Crippen LogP contribution in [0.3, 0.4) is 0 Å². The Bertz CT molecular complexity index is 349. The Morgan fingerprint density at radius 3 is 2.62 bits per heavy atom. The Balaban J connectivity index is 2.05. The summed E-state index contributed by atoms with van der Waals surface area (Å²) in [6.07, 6.45) is 10.7. The molecule has 0 saturated heterocycles. The maximum absolute atomic E-state index is 12.2. The summed E-state index contributed by atoms with van der Waals surface area (Å²) >= 11 is 0. The summed E-state index contributed by atoms with van der Waals surface area (Å²) in [6.45, 7) is 2.87. The average molecular weight is 220 g/mol. The molecule has 1 aliphatic rings. The molecule has 0 N–H and O–H groups in total. The van der Waals surface area contributed by atoms with Crippen LogP contribution in [0.4, 0.5) is 0 Å². The number of carbonyl (C=O) groups is 1. The molecule has 0 atom stereocenters. The molecule has 0 radical (unpaired) electrons. The number of Topliss-reactive ketones (excluding diaryl/α,β-unsaturated/α-hetero) is 1. The fourth-order valence-electron chi connectivity index (χ4n) is 2.44. The summed E-state index contributed by atoms with van der Waals surface area (Å²) in [6, 6.07) is 0. The lowest BCUT2D eigenvalue weighted by Gasteiger charge is -2.10. The van der Waals surface area contributed by atoms with Gasteiger partial charge in [-0.3, -0.25) is 9.48 Å². The molecular weight excluding hydrogens is 200 g/mol. The summed E-state index contributed by atoms with van der Waals surface area (Å²) in [4.78, 5) is 12.2. The molecule has 0 amide bonds. The van der Waals surface area contributed by atoms with Gasteiger partial charge in [-0.25, -0.2) is 0 Å². The van der Waals surface area contributed by atoms with Gasteiger partial charge in [0, 0.05) is 18.7 Å². The first-order valence-electron chi connectivity index (χ1n) is 6.38. The first kappa shape index (κ1) is 11.4. The predicted molar refractivity (Wildman–Crippen MR) is 63.4 cm³/mol. The van der Waals surface area contributed by atoms with Crippen molar-refractivity contribution in [3.63, 3.8) is 0 Å². The molecule has 1 aromatic rings. The molecule has 3 nitrogen and oxygen atoms in total.